The van der Waals surface area contributed by atoms with Crippen LogP contribution in [0.3, 0.4) is 0 Å². The lowest BCUT2D eigenvalue weighted by Gasteiger charge is -2.45. The fourth-order valence-electron chi connectivity index (χ4n) is 5.10. The molecule has 0 radical (unpaired) electrons. The number of carboxylic acid groups (broad SMARTS) is 1. The van der Waals surface area contributed by atoms with Crippen LogP contribution in [0.25, 0.3) is 0 Å². The highest BCUT2D eigenvalue weighted by molar-refractivity contribution is 7.89. The molecule has 0 spiro atoms. The molecule has 12 heteroatoms. The Labute approximate surface area is 261 Å². The standard InChI is InChI=1S/C32H48N4O7S/c1-22(2)20-35(44(42,43)25-16-14-24(15-17-25)19-33-41)21-27(37)26(18-23-12-10-9-11-13-23)34-29(38)28(31(3,4)5)36(30(39)40)32(6,7)8/h9-17,22,26-28,37H,18-21H2,1-8H3,(H,34,38)(H,39,40)/t26-,27+,28+/m0/s1. The number of aliphatic hydroxyl groups is 1. The summed E-state index contributed by atoms with van der Waals surface area (Å²) < 4.78 is 28.7. The van der Waals surface area contributed by atoms with Gasteiger partial charge in [0.1, 0.15) is 12.6 Å². The van der Waals surface area contributed by atoms with Gasteiger partial charge in [0.25, 0.3) is 0 Å². The summed E-state index contributed by atoms with van der Waals surface area (Å²) in [5.41, 5.74) is -0.350. The van der Waals surface area contributed by atoms with E-state index in [9.17, 15) is 33.1 Å². The van der Waals surface area contributed by atoms with Gasteiger partial charge in [-0.05, 0) is 61.8 Å². The molecule has 0 heterocycles. The van der Waals surface area contributed by atoms with E-state index in [-0.39, 0.29) is 36.9 Å². The molecule has 0 bridgehead atoms. The number of carbonyl (C=O) groups excluding carboxylic acids is 1. The van der Waals surface area contributed by atoms with Gasteiger partial charge in [0.15, 0.2) is 0 Å². The molecule has 2 amide bonds. The number of nitrogens with zero attached hydrogens (tertiary/aromatic N) is 3. The van der Waals surface area contributed by atoms with Crippen LogP contribution in [0.15, 0.2) is 64.7 Å². The fraction of sp³-hybridized carbons (Fsp3) is 0.562. The molecule has 2 rings (SSSR count). The van der Waals surface area contributed by atoms with E-state index in [4.69, 9.17) is 0 Å². The lowest BCUT2D eigenvalue weighted by molar-refractivity contribution is -0.133. The van der Waals surface area contributed by atoms with Gasteiger partial charge in [0, 0.05) is 18.6 Å². The summed E-state index contributed by atoms with van der Waals surface area (Å²) in [5.74, 6) is -0.675. The highest BCUT2D eigenvalue weighted by Crippen LogP contribution is 2.31. The molecule has 2 aromatic rings. The monoisotopic (exact) mass is 632 g/mol. The van der Waals surface area contributed by atoms with E-state index in [1.165, 1.54) is 28.6 Å². The summed E-state index contributed by atoms with van der Waals surface area (Å²) in [5, 5.41) is 27.5. The van der Waals surface area contributed by atoms with Crippen LogP contribution in [-0.2, 0) is 27.8 Å². The highest BCUT2D eigenvalue weighted by Gasteiger charge is 2.45. The Hall–Kier alpha value is -3.35. The van der Waals surface area contributed by atoms with E-state index < -0.39 is 51.2 Å². The molecule has 3 N–H and O–H groups in total. The number of hydrogen-bond acceptors (Lipinski definition) is 7. The number of rotatable bonds is 14. The molecule has 0 aliphatic heterocycles. The zero-order valence-corrected chi connectivity index (χ0v) is 27.8. The average molecular weight is 633 g/mol. The molecule has 3 atom stereocenters. The minimum Gasteiger partial charge on any atom is -0.465 e. The van der Waals surface area contributed by atoms with Crippen LogP contribution in [0, 0.1) is 16.2 Å². The van der Waals surface area contributed by atoms with Gasteiger partial charge < -0.3 is 15.5 Å². The Morgan fingerprint density at radius 1 is 0.909 bits per heavy atom. The molecule has 244 valence electrons. The molecule has 44 heavy (non-hydrogen) atoms. The van der Waals surface area contributed by atoms with Crippen molar-refractivity contribution in [2.24, 2.45) is 16.5 Å². The van der Waals surface area contributed by atoms with Crippen LogP contribution in [0.5, 0.6) is 0 Å². The third-order valence-corrected chi connectivity index (χ3v) is 8.96. The van der Waals surface area contributed by atoms with Gasteiger partial charge in [-0.25, -0.2) is 13.2 Å². The first-order chi connectivity index (χ1) is 20.3. The van der Waals surface area contributed by atoms with Crippen LogP contribution in [0.4, 0.5) is 4.79 Å². The normalized spacial score (nSPS) is 14.6. The minimum atomic E-state index is -4.08. The number of amides is 2. The second kappa shape index (κ2) is 15.1. The smallest absolute Gasteiger partial charge is 0.408 e. The zero-order valence-electron chi connectivity index (χ0n) is 27.0. The number of aliphatic hydroxyl groups excluding tert-OH is 1. The molecular formula is C32H48N4O7S. The van der Waals surface area contributed by atoms with Crippen LogP contribution in [-0.4, -0.2) is 76.7 Å². The van der Waals surface area contributed by atoms with E-state index in [0.29, 0.717) is 5.56 Å². The highest BCUT2D eigenvalue weighted by atomic mass is 32.2. The van der Waals surface area contributed by atoms with E-state index in [0.717, 1.165) is 10.5 Å². The molecule has 0 fully saturated rings. The zero-order chi connectivity index (χ0) is 33.5. The van der Waals surface area contributed by atoms with Crippen molar-refractivity contribution in [2.75, 3.05) is 13.1 Å². The summed E-state index contributed by atoms with van der Waals surface area (Å²) in [6.07, 6.45) is -2.42. The summed E-state index contributed by atoms with van der Waals surface area (Å²) in [7, 11) is -4.08. The summed E-state index contributed by atoms with van der Waals surface area (Å²) in [6.45, 7) is 13.9. The van der Waals surface area contributed by atoms with E-state index in [1.807, 2.05) is 44.2 Å². The Kier molecular flexibility index (Phi) is 12.6. The molecule has 0 saturated carbocycles. The second-order valence-corrected chi connectivity index (χ2v) is 15.5. The topological polar surface area (TPSA) is 157 Å². The van der Waals surface area contributed by atoms with E-state index >= 15 is 0 Å². The summed E-state index contributed by atoms with van der Waals surface area (Å²) in [6, 6.07) is 12.9. The second-order valence-electron chi connectivity index (χ2n) is 13.6. The SMILES string of the molecule is CC(C)CN(C[C@@H](O)[C@H](Cc1ccccc1)NC(=O)[C@@H](N(C(=O)O)C(C)(C)C)C(C)(C)C)S(=O)(=O)c1ccc(CN=O)cc1. The Bertz CT molecular complexity index is 1350. The number of carbonyl (C=O) groups is 2. The third-order valence-electron chi connectivity index (χ3n) is 7.11. The average Bonchev–Trinajstić information content (AvgIpc) is 2.90. The molecule has 2 aromatic carbocycles. The van der Waals surface area contributed by atoms with Crippen LogP contribution in [0.1, 0.15) is 66.5 Å². The summed E-state index contributed by atoms with van der Waals surface area (Å²) >= 11 is 0. The van der Waals surface area contributed by atoms with Gasteiger partial charge in [-0.1, -0.05) is 82.3 Å². The minimum absolute atomic E-state index is 0.00119. The number of benzene rings is 2. The van der Waals surface area contributed by atoms with Gasteiger partial charge in [0.05, 0.1) is 17.0 Å². The maximum atomic E-state index is 14.0. The first-order valence-corrected chi connectivity index (χ1v) is 16.2. The lowest BCUT2D eigenvalue weighted by Crippen LogP contribution is -2.63. The van der Waals surface area contributed by atoms with Crippen molar-refractivity contribution in [2.45, 2.75) is 97.0 Å². The first-order valence-electron chi connectivity index (χ1n) is 14.7. The molecule has 0 aliphatic rings. The number of hydrogen-bond donors (Lipinski definition) is 3. The van der Waals surface area contributed by atoms with Crippen molar-refractivity contribution < 1.29 is 28.2 Å². The maximum absolute atomic E-state index is 14.0. The van der Waals surface area contributed by atoms with Crippen LogP contribution >= 0.6 is 0 Å². The fourth-order valence-corrected chi connectivity index (χ4v) is 6.72. The number of nitroso groups, excluding NO2 is 1. The molecular weight excluding hydrogens is 584 g/mol. The molecule has 0 unspecified atom stereocenters. The largest absolute Gasteiger partial charge is 0.465 e. The Morgan fingerprint density at radius 2 is 1.48 bits per heavy atom. The Morgan fingerprint density at radius 3 is 1.93 bits per heavy atom. The first kappa shape index (κ1) is 36.8. The van der Waals surface area contributed by atoms with Gasteiger partial charge in [-0.15, -0.1) is 0 Å². The van der Waals surface area contributed by atoms with Crippen molar-refractivity contribution in [1.29, 1.82) is 0 Å². The molecule has 11 nitrogen and oxygen atoms in total. The van der Waals surface area contributed by atoms with E-state index in [2.05, 4.69) is 10.5 Å². The van der Waals surface area contributed by atoms with Gasteiger partial charge >= 0.3 is 6.09 Å². The van der Waals surface area contributed by atoms with Crippen molar-refractivity contribution >= 4 is 22.0 Å². The van der Waals surface area contributed by atoms with Crippen molar-refractivity contribution in [3.63, 3.8) is 0 Å². The van der Waals surface area contributed by atoms with Gasteiger partial charge in [-0.2, -0.15) is 9.21 Å². The Balaban J connectivity index is 2.51. The van der Waals surface area contributed by atoms with Gasteiger partial charge in [0.2, 0.25) is 15.9 Å². The van der Waals surface area contributed by atoms with E-state index in [1.54, 1.807) is 41.5 Å². The lowest BCUT2D eigenvalue weighted by atomic mass is 9.82. The summed E-state index contributed by atoms with van der Waals surface area (Å²) in [4.78, 5) is 38.1. The predicted molar refractivity (Wildman–Crippen MR) is 170 cm³/mol. The third kappa shape index (κ3) is 10.1. The maximum Gasteiger partial charge on any atom is 0.408 e. The van der Waals surface area contributed by atoms with Gasteiger partial charge in [-0.3, -0.25) is 9.69 Å². The predicted octanol–water partition coefficient (Wildman–Crippen LogP) is 4.88. The molecule has 0 saturated heterocycles. The number of sulfonamides is 1. The molecule has 0 aromatic heterocycles. The quantitative estimate of drug-likeness (QED) is 0.251. The van der Waals surface area contributed by atoms with Crippen molar-refractivity contribution in [3.05, 3.63) is 70.6 Å². The number of nitrogens with one attached hydrogen (secondary N) is 1. The van der Waals surface area contributed by atoms with Crippen LogP contribution in [0.2, 0.25) is 0 Å². The van der Waals surface area contributed by atoms with Crippen LogP contribution < -0.4 is 5.32 Å². The van der Waals surface area contributed by atoms with Crippen molar-refractivity contribution in [1.82, 2.24) is 14.5 Å². The molecule has 0 aliphatic carbocycles. The van der Waals surface area contributed by atoms with Crippen molar-refractivity contribution in [3.8, 4) is 0 Å².